The van der Waals surface area contributed by atoms with Gasteiger partial charge in [-0.15, -0.1) is 0 Å². The Morgan fingerprint density at radius 1 is 1.29 bits per heavy atom. The van der Waals surface area contributed by atoms with Gasteiger partial charge in [0.2, 0.25) is 11.9 Å². The van der Waals surface area contributed by atoms with Crippen LogP contribution < -0.4 is 10.1 Å². The molecule has 2 amide bonds. The second-order valence-corrected chi connectivity index (χ2v) is 7.25. The lowest BCUT2D eigenvalue weighted by molar-refractivity contribution is -0.147. The van der Waals surface area contributed by atoms with E-state index in [0.29, 0.717) is 23.9 Å². The fraction of sp³-hybridized carbons (Fsp3) is 0.474. The maximum absolute atomic E-state index is 12.7. The van der Waals surface area contributed by atoms with Crippen LogP contribution in [-0.4, -0.2) is 64.4 Å². The number of carboxylic acid groups (broad SMARTS) is 1. The van der Waals surface area contributed by atoms with Gasteiger partial charge in [0.25, 0.3) is 5.91 Å². The van der Waals surface area contributed by atoms with Crippen molar-refractivity contribution in [3.05, 3.63) is 23.8 Å². The molecule has 3 aliphatic rings. The molecule has 1 saturated carbocycles. The topological polar surface area (TPSA) is 112 Å². The molecule has 1 saturated heterocycles. The van der Waals surface area contributed by atoms with Crippen LogP contribution in [0.5, 0.6) is 5.75 Å². The number of rotatable bonds is 6. The van der Waals surface area contributed by atoms with Crippen molar-refractivity contribution in [2.45, 2.75) is 38.3 Å². The van der Waals surface area contributed by atoms with Crippen LogP contribution in [0.25, 0.3) is 0 Å². The Bertz CT molecular complexity index is 847. The molecule has 28 heavy (non-hydrogen) atoms. The number of benzene rings is 1. The number of aliphatic carboxylic acids is 1. The number of amides is 2. The molecule has 9 heteroatoms. The Kier molecular flexibility index (Phi) is 4.89. The first-order valence-electron chi connectivity index (χ1n) is 9.40. The van der Waals surface area contributed by atoms with E-state index in [1.54, 1.807) is 6.07 Å². The predicted octanol–water partition coefficient (Wildman–Crippen LogP) is 0.854. The van der Waals surface area contributed by atoms with E-state index in [0.717, 1.165) is 31.2 Å². The summed E-state index contributed by atoms with van der Waals surface area (Å²) in [6.45, 7) is 0.239. The first-order chi connectivity index (χ1) is 13.5. The van der Waals surface area contributed by atoms with Crippen molar-refractivity contribution in [2.75, 3.05) is 19.7 Å². The van der Waals surface area contributed by atoms with Crippen LogP contribution in [-0.2, 0) is 20.9 Å². The summed E-state index contributed by atoms with van der Waals surface area (Å²) in [6.07, 6.45) is 3.65. The highest BCUT2D eigenvalue weighted by Gasteiger charge is 2.31. The summed E-state index contributed by atoms with van der Waals surface area (Å²) in [6, 6.07) is 5.40. The lowest BCUT2D eigenvalue weighted by atomic mass is 10.1. The number of fused-ring (bicyclic) bond motifs is 2. The zero-order valence-corrected chi connectivity index (χ0v) is 15.4. The second kappa shape index (κ2) is 7.49. The lowest BCUT2D eigenvalue weighted by Gasteiger charge is -2.28. The van der Waals surface area contributed by atoms with Crippen molar-refractivity contribution >= 4 is 29.4 Å². The maximum Gasteiger partial charge on any atom is 0.323 e. The van der Waals surface area contributed by atoms with Crippen LogP contribution in [0.15, 0.2) is 23.2 Å². The molecule has 2 N–H and O–H groups in total. The summed E-state index contributed by atoms with van der Waals surface area (Å²) in [4.78, 5) is 43.2. The zero-order chi connectivity index (χ0) is 19.7. The van der Waals surface area contributed by atoms with Crippen LogP contribution in [0.2, 0.25) is 0 Å². The van der Waals surface area contributed by atoms with E-state index < -0.39 is 5.97 Å². The van der Waals surface area contributed by atoms with Crippen molar-refractivity contribution in [1.29, 1.82) is 0 Å². The third-order valence-electron chi connectivity index (χ3n) is 5.29. The number of carbonyl (C=O) groups is 3. The first-order valence-corrected chi connectivity index (χ1v) is 9.40. The second-order valence-electron chi connectivity index (χ2n) is 7.25. The summed E-state index contributed by atoms with van der Waals surface area (Å²) in [5, 5.41) is 11.9. The van der Waals surface area contributed by atoms with Crippen LogP contribution in [0, 0.1) is 0 Å². The number of carbonyl (C=O) groups excluding carboxylic acids is 2. The Hall–Kier alpha value is -3.10. The molecule has 0 aromatic heterocycles. The largest absolute Gasteiger partial charge is 0.481 e. The Morgan fingerprint density at radius 3 is 2.82 bits per heavy atom. The van der Waals surface area contributed by atoms with Crippen molar-refractivity contribution in [3.8, 4) is 5.75 Å². The van der Waals surface area contributed by atoms with E-state index in [-0.39, 0.29) is 37.6 Å². The van der Waals surface area contributed by atoms with Crippen LogP contribution in [0.4, 0.5) is 5.69 Å². The normalized spacial score (nSPS) is 18.2. The number of carboxylic acids is 1. The molecule has 1 aliphatic carbocycles. The van der Waals surface area contributed by atoms with Gasteiger partial charge in [0.05, 0.1) is 0 Å². The van der Waals surface area contributed by atoms with E-state index >= 15 is 0 Å². The number of para-hydroxylation sites is 1. The van der Waals surface area contributed by atoms with Gasteiger partial charge in [0.15, 0.2) is 6.61 Å². The van der Waals surface area contributed by atoms with Gasteiger partial charge in [-0.2, -0.15) is 0 Å². The van der Waals surface area contributed by atoms with Crippen molar-refractivity contribution in [1.82, 2.24) is 15.1 Å². The maximum atomic E-state index is 12.7. The van der Waals surface area contributed by atoms with Crippen molar-refractivity contribution in [3.63, 3.8) is 0 Å². The average Bonchev–Trinajstić information content (AvgIpc) is 3.30. The third-order valence-corrected chi connectivity index (χ3v) is 5.29. The fourth-order valence-corrected chi connectivity index (χ4v) is 3.98. The summed E-state index contributed by atoms with van der Waals surface area (Å²) >= 11 is 0. The van der Waals surface area contributed by atoms with Gasteiger partial charge < -0.3 is 19.6 Å². The van der Waals surface area contributed by atoms with Crippen LogP contribution in [0.3, 0.4) is 0 Å². The number of ether oxygens (including phenoxy) is 1. The monoisotopic (exact) mass is 386 g/mol. The molecule has 0 spiro atoms. The Labute approximate surface area is 162 Å². The van der Waals surface area contributed by atoms with Crippen molar-refractivity contribution < 1.29 is 24.2 Å². The molecule has 0 bridgehead atoms. The highest BCUT2D eigenvalue weighted by molar-refractivity contribution is 6.06. The molecule has 0 unspecified atom stereocenters. The minimum Gasteiger partial charge on any atom is -0.481 e. The zero-order valence-electron chi connectivity index (χ0n) is 15.4. The quantitative estimate of drug-likeness (QED) is 0.750. The summed E-state index contributed by atoms with van der Waals surface area (Å²) in [5.41, 5.74) is 1.50. The van der Waals surface area contributed by atoms with Gasteiger partial charge in [-0.1, -0.05) is 25.0 Å². The smallest absolute Gasteiger partial charge is 0.323 e. The molecule has 2 heterocycles. The van der Waals surface area contributed by atoms with Gasteiger partial charge in [-0.05, 0) is 18.9 Å². The summed E-state index contributed by atoms with van der Waals surface area (Å²) in [5.74, 6) is -0.545. The van der Waals surface area contributed by atoms with E-state index in [1.807, 2.05) is 17.0 Å². The van der Waals surface area contributed by atoms with Gasteiger partial charge >= 0.3 is 5.97 Å². The molecule has 1 aromatic carbocycles. The number of guanidine groups is 1. The molecule has 2 aliphatic heterocycles. The minimum atomic E-state index is -1.03. The van der Waals surface area contributed by atoms with Gasteiger partial charge in [0, 0.05) is 18.2 Å². The van der Waals surface area contributed by atoms with E-state index in [2.05, 4.69) is 10.3 Å². The molecule has 148 valence electrons. The molecule has 4 rings (SSSR count). The Morgan fingerprint density at radius 2 is 2.07 bits per heavy atom. The SMILES string of the molecule is O=C(O)CN(C(=O)COc1cccc2c1N=C1NC(=O)CN1C2)C1CCCC1. The lowest BCUT2D eigenvalue weighted by Crippen LogP contribution is -2.44. The summed E-state index contributed by atoms with van der Waals surface area (Å²) in [7, 11) is 0. The van der Waals surface area contributed by atoms with Crippen LogP contribution >= 0.6 is 0 Å². The molecule has 2 fully saturated rings. The Balaban J connectivity index is 1.48. The van der Waals surface area contributed by atoms with Gasteiger partial charge in [-0.25, -0.2) is 4.99 Å². The fourth-order valence-electron chi connectivity index (χ4n) is 3.98. The van der Waals surface area contributed by atoms with Gasteiger partial charge in [-0.3, -0.25) is 19.7 Å². The molecular formula is C19H22N4O5. The average molecular weight is 386 g/mol. The molecule has 0 radical (unpaired) electrons. The van der Waals surface area contributed by atoms with Gasteiger partial charge in [0.1, 0.15) is 24.5 Å². The number of hydrogen-bond donors (Lipinski definition) is 2. The molecule has 0 atom stereocenters. The van der Waals surface area contributed by atoms with Crippen molar-refractivity contribution in [2.24, 2.45) is 4.99 Å². The predicted molar refractivity (Wildman–Crippen MR) is 99.2 cm³/mol. The molecule has 1 aromatic rings. The number of hydrogen-bond acceptors (Lipinski definition) is 6. The van der Waals surface area contributed by atoms with E-state index in [4.69, 9.17) is 9.84 Å². The number of nitrogens with one attached hydrogen (secondary N) is 1. The van der Waals surface area contributed by atoms with Crippen LogP contribution in [0.1, 0.15) is 31.2 Å². The highest BCUT2D eigenvalue weighted by atomic mass is 16.5. The third kappa shape index (κ3) is 3.64. The number of nitrogens with zero attached hydrogens (tertiary/aromatic N) is 3. The summed E-state index contributed by atoms with van der Waals surface area (Å²) < 4.78 is 5.74. The molecular weight excluding hydrogens is 364 g/mol. The highest BCUT2D eigenvalue weighted by Crippen LogP contribution is 2.36. The number of aliphatic imine (C=N–C) groups is 1. The minimum absolute atomic E-state index is 0.0422. The van der Waals surface area contributed by atoms with E-state index in [9.17, 15) is 14.4 Å². The standard InChI is InChI=1S/C19H22N4O5/c24-15-9-22-8-12-4-3-7-14(18(12)21-19(22)20-15)28-11-16(25)23(10-17(26)27)13-5-1-2-6-13/h3-4,7,13H,1-2,5-6,8-11H2,(H,26,27)(H,20,21,24). The molecule has 9 nitrogen and oxygen atoms in total. The first kappa shape index (κ1) is 18.3. The van der Waals surface area contributed by atoms with E-state index in [1.165, 1.54) is 4.90 Å².